The van der Waals surface area contributed by atoms with Gasteiger partial charge in [-0.3, -0.25) is 4.79 Å². The summed E-state index contributed by atoms with van der Waals surface area (Å²) in [5.41, 5.74) is -0.162. The van der Waals surface area contributed by atoms with Crippen LogP contribution < -0.4 is 10.9 Å². The summed E-state index contributed by atoms with van der Waals surface area (Å²) in [4.78, 5) is 17.4. The van der Waals surface area contributed by atoms with Crippen LogP contribution in [0.5, 0.6) is 0 Å². The number of hydrogen-bond donors (Lipinski definition) is 2. The van der Waals surface area contributed by atoms with Gasteiger partial charge in [-0.15, -0.1) is 0 Å². The first-order valence-corrected chi connectivity index (χ1v) is 4.36. The van der Waals surface area contributed by atoms with E-state index >= 15 is 0 Å². The maximum Gasteiger partial charge on any atom is 0.252 e. The number of H-pyrrole nitrogens is 1. The SMILES string of the molecule is CCC(C)(C)Nc1cc(=O)[nH]cn1. The van der Waals surface area contributed by atoms with Crippen molar-refractivity contribution >= 4 is 5.82 Å². The molecule has 0 aliphatic rings. The van der Waals surface area contributed by atoms with Crippen molar-refractivity contribution in [1.29, 1.82) is 0 Å². The molecule has 1 heterocycles. The Bertz CT molecular complexity index is 330. The number of hydrogen-bond acceptors (Lipinski definition) is 3. The zero-order chi connectivity index (χ0) is 9.90. The standard InChI is InChI=1S/C9H15N3O/c1-4-9(2,3)12-7-5-8(13)11-6-10-7/h5-6H,4H2,1-3H3,(H2,10,11,12,13). The molecule has 0 bridgehead atoms. The van der Waals surface area contributed by atoms with Gasteiger partial charge in [-0.1, -0.05) is 6.92 Å². The largest absolute Gasteiger partial charge is 0.365 e. The number of nitrogens with one attached hydrogen (secondary N) is 2. The van der Waals surface area contributed by atoms with Gasteiger partial charge in [-0.05, 0) is 20.3 Å². The quantitative estimate of drug-likeness (QED) is 0.740. The minimum atomic E-state index is -0.135. The predicted octanol–water partition coefficient (Wildman–Crippen LogP) is 1.37. The second-order valence-corrected chi connectivity index (χ2v) is 3.66. The van der Waals surface area contributed by atoms with E-state index in [1.807, 2.05) is 0 Å². The summed E-state index contributed by atoms with van der Waals surface area (Å²) >= 11 is 0. The van der Waals surface area contributed by atoms with E-state index in [1.165, 1.54) is 12.4 Å². The lowest BCUT2D eigenvalue weighted by molar-refractivity contribution is 0.544. The Morgan fingerprint density at radius 3 is 2.85 bits per heavy atom. The fourth-order valence-electron chi connectivity index (χ4n) is 0.872. The van der Waals surface area contributed by atoms with E-state index in [0.29, 0.717) is 5.82 Å². The monoisotopic (exact) mass is 181 g/mol. The van der Waals surface area contributed by atoms with Crippen LogP contribution in [0.3, 0.4) is 0 Å². The molecule has 1 aromatic heterocycles. The molecule has 1 rings (SSSR count). The molecule has 0 amide bonds. The number of rotatable bonds is 3. The highest BCUT2D eigenvalue weighted by Gasteiger charge is 2.14. The smallest absolute Gasteiger partial charge is 0.252 e. The Balaban J connectivity index is 2.80. The van der Waals surface area contributed by atoms with Gasteiger partial charge in [0.05, 0.1) is 6.33 Å². The molecule has 0 unspecified atom stereocenters. The van der Waals surface area contributed by atoms with Gasteiger partial charge in [-0.25, -0.2) is 4.98 Å². The summed E-state index contributed by atoms with van der Waals surface area (Å²) in [6, 6.07) is 1.46. The Hall–Kier alpha value is -1.32. The molecular weight excluding hydrogens is 166 g/mol. The van der Waals surface area contributed by atoms with Crippen LogP contribution in [0.4, 0.5) is 5.82 Å². The van der Waals surface area contributed by atoms with Gasteiger partial charge in [0.1, 0.15) is 5.82 Å². The third-order valence-electron chi connectivity index (χ3n) is 2.03. The lowest BCUT2D eigenvalue weighted by Gasteiger charge is -2.24. The summed E-state index contributed by atoms with van der Waals surface area (Å²) in [6.45, 7) is 6.21. The van der Waals surface area contributed by atoms with Crippen LogP contribution in [-0.4, -0.2) is 15.5 Å². The summed E-state index contributed by atoms with van der Waals surface area (Å²) in [5.74, 6) is 0.621. The Labute approximate surface area is 77.4 Å². The van der Waals surface area contributed by atoms with Crippen molar-refractivity contribution in [3.8, 4) is 0 Å². The second kappa shape index (κ2) is 3.60. The minimum Gasteiger partial charge on any atom is -0.365 e. The molecule has 72 valence electrons. The van der Waals surface area contributed by atoms with Gasteiger partial charge in [0.25, 0.3) is 5.56 Å². The molecule has 0 fully saturated rings. The van der Waals surface area contributed by atoms with E-state index in [9.17, 15) is 4.79 Å². The van der Waals surface area contributed by atoms with Crippen molar-refractivity contribution in [1.82, 2.24) is 9.97 Å². The van der Waals surface area contributed by atoms with Crippen LogP contribution in [0.2, 0.25) is 0 Å². The maximum atomic E-state index is 10.9. The molecule has 0 aliphatic carbocycles. The van der Waals surface area contributed by atoms with E-state index in [-0.39, 0.29) is 11.1 Å². The van der Waals surface area contributed by atoms with Crippen LogP contribution in [0, 0.1) is 0 Å². The number of aromatic nitrogens is 2. The van der Waals surface area contributed by atoms with Gasteiger partial charge in [0.15, 0.2) is 0 Å². The third-order valence-corrected chi connectivity index (χ3v) is 2.03. The van der Waals surface area contributed by atoms with Crippen molar-refractivity contribution < 1.29 is 0 Å². The van der Waals surface area contributed by atoms with Crippen molar-refractivity contribution in [3.05, 3.63) is 22.7 Å². The fraction of sp³-hybridized carbons (Fsp3) is 0.556. The number of nitrogens with zero attached hydrogens (tertiary/aromatic N) is 1. The van der Waals surface area contributed by atoms with E-state index in [0.717, 1.165) is 6.42 Å². The fourth-order valence-corrected chi connectivity index (χ4v) is 0.872. The lowest BCUT2D eigenvalue weighted by atomic mass is 10.0. The van der Waals surface area contributed by atoms with Gasteiger partial charge in [0.2, 0.25) is 0 Å². The first kappa shape index (κ1) is 9.77. The van der Waals surface area contributed by atoms with Gasteiger partial charge < -0.3 is 10.3 Å². The van der Waals surface area contributed by atoms with Gasteiger partial charge in [-0.2, -0.15) is 0 Å². The highest BCUT2D eigenvalue weighted by Crippen LogP contribution is 2.13. The number of aromatic amines is 1. The molecule has 4 nitrogen and oxygen atoms in total. The molecule has 0 aliphatic heterocycles. The zero-order valence-electron chi connectivity index (χ0n) is 8.22. The molecule has 0 spiro atoms. The Kier molecular flexibility index (Phi) is 2.70. The maximum absolute atomic E-state index is 10.9. The van der Waals surface area contributed by atoms with Crippen LogP contribution in [0.15, 0.2) is 17.2 Å². The minimum absolute atomic E-state index is 0.0270. The predicted molar refractivity (Wildman–Crippen MR) is 52.9 cm³/mol. The summed E-state index contributed by atoms with van der Waals surface area (Å²) in [6.07, 6.45) is 2.37. The van der Waals surface area contributed by atoms with E-state index < -0.39 is 0 Å². The molecule has 0 atom stereocenters. The highest BCUT2D eigenvalue weighted by molar-refractivity contribution is 5.34. The molecule has 0 saturated heterocycles. The average Bonchev–Trinajstić information content (AvgIpc) is 2.03. The molecule has 13 heavy (non-hydrogen) atoms. The van der Waals surface area contributed by atoms with E-state index in [4.69, 9.17) is 0 Å². The number of anilines is 1. The van der Waals surface area contributed by atoms with Gasteiger partial charge in [0, 0.05) is 11.6 Å². The summed E-state index contributed by atoms with van der Waals surface area (Å²) < 4.78 is 0. The summed E-state index contributed by atoms with van der Waals surface area (Å²) in [5, 5.41) is 3.18. The van der Waals surface area contributed by atoms with Crippen molar-refractivity contribution in [2.24, 2.45) is 0 Å². The molecule has 1 aromatic rings. The van der Waals surface area contributed by atoms with Crippen molar-refractivity contribution in [2.45, 2.75) is 32.7 Å². The lowest BCUT2D eigenvalue weighted by Crippen LogP contribution is -2.30. The van der Waals surface area contributed by atoms with Crippen LogP contribution >= 0.6 is 0 Å². The molecular formula is C9H15N3O. The van der Waals surface area contributed by atoms with Gasteiger partial charge >= 0.3 is 0 Å². The molecule has 0 aromatic carbocycles. The first-order chi connectivity index (χ1) is 6.03. The van der Waals surface area contributed by atoms with Crippen molar-refractivity contribution in [3.63, 3.8) is 0 Å². The molecule has 0 radical (unpaired) electrons. The van der Waals surface area contributed by atoms with E-state index in [1.54, 1.807) is 0 Å². The average molecular weight is 181 g/mol. The first-order valence-electron chi connectivity index (χ1n) is 4.36. The highest BCUT2D eigenvalue weighted by atomic mass is 16.1. The third kappa shape index (κ3) is 2.89. The molecule has 4 heteroatoms. The second-order valence-electron chi connectivity index (χ2n) is 3.66. The molecule has 2 N–H and O–H groups in total. The Morgan fingerprint density at radius 1 is 1.62 bits per heavy atom. The topological polar surface area (TPSA) is 57.8 Å². The van der Waals surface area contributed by atoms with Crippen LogP contribution in [-0.2, 0) is 0 Å². The van der Waals surface area contributed by atoms with Crippen LogP contribution in [0.25, 0.3) is 0 Å². The van der Waals surface area contributed by atoms with Crippen LogP contribution in [0.1, 0.15) is 27.2 Å². The molecule has 0 saturated carbocycles. The summed E-state index contributed by atoms with van der Waals surface area (Å²) in [7, 11) is 0. The van der Waals surface area contributed by atoms with Crippen molar-refractivity contribution in [2.75, 3.05) is 5.32 Å². The Morgan fingerprint density at radius 2 is 2.31 bits per heavy atom. The van der Waals surface area contributed by atoms with E-state index in [2.05, 4.69) is 36.1 Å². The normalized spacial score (nSPS) is 11.3. The zero-order valence-corrected chi connectivity index (χ0v) is 8.22.